The third kappa shape index (κ3) is 4.21. The second-order valence-electron chi connectivity index (χ2n) is 4.44. The Morgan fingerprint density at radius 1 is 1.41 bits per heavy atom. The average Bonchev–Trinajstić information content (AvgIpc) is 2.38. The van der Waals surface area contributed by atoms with Gasteiger partial charge in [-0.15, -0.1) is 11.8 Å². The fraction of sp³-hybridized carbons (Fsp3) is 0.467. The van der Waals surface area contributed by atoms with Crippen LogP contribution in [0.5, 0.6) is 0 Å². The van der Waals surface area contributed by atoms with Crippen LogP contribution in [0.15, 0.2) is 41.3 Å². The molecule has 1 aliphatic carbocycles. The minimum Gasteiger partial charge on any atom is -0.313 e. The van der Waals surface area contributed by atoms with Crippen molar-refractivity contribution in [1.29, 1.82) is 0 Å². The van der Waals surface area contributed by atoms with Crippen LogP contribution in [0.4, 0.5) is 0 Å². The van der Waals surface area contributed by atoms with E-state index in [2.05, 4.69) is 48.7 Å². The predicted molar refractivity (Wildman–Crippen MR) is 76.5 cm³/mol. The highest BCUT2D eigenvalue weighted by Crippen LogP contribution is 2.30. The normalized spacial score (nSPS) is 19.5. The van der Waals surface area contributed by atoms with E-state index >= 15 is 0 Å². The van der Waals surface area contributed by atoms with E-state index in [0.717, 1.165) is 13.1 Å². The Balaban J connectivity index is 1.95. The van der Waals surface area contributed by atoms with Gasteiger partial charge in [-0.2, -0.15) is 0 Å². The van der Waals surface area contributed by atoms with Crippen molar-refractivity contribution in [3.8, 4) is 0 Å². The summed E-state index contributed by atoms with van der Waals surface area (Å²) in [7, 11) is 0. The van der Waals surface area contributed by atoms with Crippen LogP contribution in [-0.2, 0) is 6.54 Å². The maximum atomic E-state index is 3.37. The van der Waals surface area contributed by atoms with Crippen LogP contribution in [0.25, 0.3) is 0 Å². The molecule has 0 amide bonds. The first-order valence-corrected chi connectivity index (χ1v) is 7.39. The lowest BCUT2D eigenvalue weighted by atomic mass is 10.1. The van der Waals surface area contributed by atoms with E-state index in [9.17, 15) is 0 Å². The molecule has 17 heavy (non-hydrogen) atoms. The number of hydrogen-bond donors (Lipinski definition) is 1. The van der Waals surface area contributed by atoms with Crippen LogP contribution >= 0.6 is 11.8 Å². The first-order chi connectivity index (χ1) is 8.38. The highest BCUT2D eigenvalue weighted by Gasteiger charge is 2.09. The molecule has 0 aliphatic heterocycles. The Morgan fingerprint density at radius 2 is 2.35 bits per heavy atom. The summed E-state index contributed by atoms with van der Waals surface area (Å²) in [5.41, 5.74) is 1.39. The molecule has 2 rings (SSSR count). The van der Waals surface area contributed by atoms with Crippen LogP contribution in [0.3, 0.4) is 0 Å². The van der Waals surface area contributed by atoms with Crippen LogP contribution in [0.2, 0.25) is 0 Å². The van der Waals surface area contributed by atoms with Gasteiger partial charge in [0.15, 0.2) is 0 Å². The molecule has 1 aromatic carbocycles. The fourth-order valence-electron chi connectivity index (χ4n) is 2.05. The van der Waals surface area contributed by atoms with Crippen molar-refractivity contribution in [2.75, 3.05) is 6.54 Å². The van der Waals surface area contributed by atoms with Crippen molar-refractivity contribution < 1.29 is 0 Å². The number of thioether (sulfide) groups is 1. The van der Waals surface area contributed by atoms with Gasteiger partial charge in [0.25, 0.3) is 0 Å². The fourth-order valence-corrected chi connectivity index (χ4v) is 3.25. The van der Waals surface area contributed by atoms with Gasteiger partial charge >= 0.3 is 0 Å². The Labute approximate surface area is 109 Å². The number of benzene rings is 1. The maximum absolute atomic E-state index is 3.37. The molecule has 0 bridgehead atoms. The molecule has 1 N–H and O–H groups in total. The van der Waals surface area contributed by atoms with Gasteiger partial charge in [-0.1, -0.05) is 31.2 Å². The third-order valence-corrected chi connectivity index (χ3v) is 4.20. The summed E-state index contributed by atoms with van der Waals surface area (Å²) in [6.07, 6.45) is 8.61. The lowest BCUT2D eigenvalue weighted by molar-refractivity contribution is 0.725. The zero-order valence-corrected chi connectivity index (χ0v) is 11.3. The van der Waals surface area contributed by atoms with E-state index in [1.165, 1.54) is 29.7 Å². The number of nitrogens with one attached hydrogen (secondary N) is 1. The van der Waals surface area contributed by atoms with Crippen molar-refractivity contribution >= 4 is 11.8 Å². The zero-order valence-electron chi connectivity index (χ0n) is 10.5. The van der Waals surface area contributed by atoms with E-state index in [0.29, 0.717) is 5.25 Å². The van der Waals surface area contributed by atoms with Gasteiger partial charge in [0.2, 0.25) is 0 Å². The molecule has 2 heteroatoms. The molecule has 0 fully saturated rings. The molecule has 0 spiro atoms. The van der Waals surface area contributed by atoms with Crippen molar-refractivity contribution in [3.63, 3.8) is 0 Å². The van der Waals surface area contributed by atoms with E-state index in [1.807, 2.05) is 11.8 Å². The van der Waals surface area contributed by atoms with Crippen molar-refractivity contribution in [2.24, 2.45) is 0 Å². The summed E-state index contributed by atoms with van der Waals surface area (Å²) in [6, 6.07) is 8.91. The van der Waals surface area contributed by atoms with Crippen LogP contribution < -0.4 is 5.32 Å². The van der Waals surface area contributed by atoms with Gasteiger partial charge in [-0.3, -0.25) is 0 Å². The van der Waals surface area contributed by atoms with Crippen molar-refractivity contribution in [3.05, 3.63) is 42.0 Å². The first kappa shape index (κ1) is 12.7. The lowest BCUT2D eigenvalue weighted by Crippen LogP contribution is -2.11. The standard InChI is InChI=1S/C15H21NS/c1-2-16-12-13-7-6-10-15(11-13)17-14-8-4-3-5-9-14/h4,6-8,10-11,14,16H,2-3,5,9,12H2,1H3. The Morgan fingerprint density at radius 3 is 3.12 bits per heavy atom. The van der Waals surface area contributed by atoms with E-state index < -0.39 is 0 Å². The summed E-state index contributed by atoms with van der Waals surface area (Å²) in [4.78, 5) is 1.40. The van der Waals surface area contributed by atoms with Gasteiger partial charge in [0.1, 0.15) is 0 Å². The number of rotatable bonds is 5. The third-order valence-electron chi connectivity index (χ3n) is 2.98. The average molecular weight is 247 g/mol. The number of hydrogen-bond acceptors (Lipinski definition) is 2. The molecule has 0 saturated carbocycles. The first-order valence-electron chi connectivity index (χ1n) is 6.51. The highest BCUT2D eigenvalue weighted by molar-refractivity contribution is 8.00. The molecule has 1 unspecified atom stereocenters. The summed E-state index contributed by atoms with van der Waals surface area (Å²) >= 11 is 2.00. The Hall–Kier alpha value is -0.730. The SMILES string of the molecule is CCNCc1cccc(SC2C=CCCC2)c1. The van der Waals surface area contributed by atoms with Crippen LogP contribution in [0, 0.1) is 0 Å². The minimum absolute atomic E-state index is 0.679. The molecule has 1 atom stereocenters. The van der Waals surface area contributed by atoms with Crippen LogP contribution in [0.1, 0.15) is 31.7 Å². The van der Waals surface area contributed by atoms with Crippen molar-refractivity contribution in [1.82, 2.24) is 5.32 Å². The maximum Gasteiger partial charge on any atom is 0.0274 e. The summed E-state index contributed by atoms with van der Waals surface area (Å²) in [5.74, 6) is 0. The molecular formula is C15H21NS. The summed E-state index contributed by atoms with van der Waals surface area (Å²) < 4.78 is 0. The Bertz CT molecular complexity index is 373. The largest absolute Gasteiger partial charge is 0.313 e. The number of allylic oxidation sites excluding steroid dienone is 1. The molecule has 0 saturated heterocycles. The molecule has 92 valence electrons. The summed E-state index contributed by atoms with van der Waals surface area (Å²) in [6.45, 7) is 4.15. The highest BCUT2D eigenvalue weighted by atomic mass is 32.2. The molecule has 0 radical (unpaired) electrons. The van der Waals surface area contributed by atoms with Crippen molar-refractivity contribution in [2.45, 2.75) is 42.9 Å². The van der Waals surface area contributed by atoms with E-state index in [4.69, 9.17) is 0 Å². The molecule has 0 heterocycles. The lowest BCUT2D eigenvalue weighted by Gasteiger charge is -2.16. The molecule has 1 aliphatic rings. The molecule has 0 aromatic heterocycles. The van der Waals surface area contributed by atoms with Gasteiger partial charge in [-0.25, -0.2) is 0 Å². The van der Waals surface area contributed by atoms with Gasteiger partial charge < -0.3 is 5.32 Å². The monoisotopic (exact) mass is 247 g/mol. The molecular weight excluding hydrogens is 226 g/mol. The second-order valence-corrected chi connectivity index (χ2v) is 5.76. The van der Waals surface area contributed by atoms with Gasteiger partial charge in [0, 0.05) is 16.7 Å². The second kappa shape index (κ2) is 6.87. The molecule has 1 aromatic rings. The van der Waals surface area contributed by atoms with E-state index in [1.54, 1.807) is 0 Å². The topological polar surface area (TPSA) is 12.0 Å². The minimum atomic E-state index is 0.679. The quantitative estimate of drug-likeness (QED) is 0.789. The van der Waals surface area contributed by atoms with Gasteiger partial charge in [-0.05, 0) is 43.5 Å². The van der Waals surface area contributed by atoms with Crippen LogP contribution in [-0.4, -0.2) is 11.8 Å². The predicted octanol–water partition coefficient (Wildman–Crippen LogP) is 4.00. The smallest absolute Gasteiger partial charge is 0.0274 e. The summed E-state index contributed by atoms with van der Waals surface area (Å²) in [5, 5.41) is 4.05. The van der Waals surface area contributed by atoms with Gasteiger partial charge in [0.05, 0.1) is 0 Å². The Kier molecular flexibility index (Phi) is 5.14. The zero-order chi connectivity index (χ0) is 11.9. The molecule has 1 nitrogen and oxygen atoms in total. The van der Waals surface area contributed by atoms with E-state index in [-0.39, 0.29) is 0 Å².